The highest BCUT2D eigenvalue weighted by Crippen LogP contribution is 2.20. The van der Waals surface area contributed by atoms with Crippen molar-refractivity contribution in [3.8, 4) is 0 Å². The number of carbonyl (C=O) groups excluding carboxylic acids is 1. The molecule has 3 nitrogen and oxygen atoms in total. The number of hydrogen-bond acceptors (Lipinski definition) is 2. The van der Waals surface area contributed by atoms with Crippen molar-refractivity contribution in [2.75, 3.05) is 17.2 Å². The molecule has 0 atom stereocenters. The SMILES string of the molecule is O=C(CNc1ccc(F)cc1F)Nc1ccccc1Cl. The Kier molecular flexibility index (Phi) is 4.53. The lowest BCUT2D eigenvalue weighted by Crippen LogP contribution is -2.22. The minimum atomic E-state index is -0.754. The number of halogens is 3. The van der Waals surface area contributed by atoms with Gasteiger partial charge in [0, 0.05) is 6.07 Å². The van der Waals surface area contributed by atoms with Crippen LogP contribution < -0.4 is 10.6 Å². The highest BCUT2D eigenvalue weighted by molar-refractivity contribution is 6.33. The van der Waals surface area contributed by atoms with Crippen molar-refractivity contribution in [2.24, 2.45) is 0 Å². The van der Waals surface area contributed by atoms with Gasteiger partial charge in [-0.25, -0.2) is 8.78 Å². The van der Waals surface area contributed by atoms with Crippen LogP contribution in [0, 0.1) is 11.6 Å². The van der Waals surface area contributed by atoms with Gasteiger partial charge in [0.1, 0.15) is 11.6 Å². The van der Waals surface area contributed by atoms with Crippen molar-refractivity contribution in [3.63, 3.8) is 0 Å². The van der Waals surface area contributed by atoms with Gasteiger partial charge in [0.05, 0.1) is 22.9 Å². The van der Waals surface area contributed by atoms with Crippen LogP contribution in [0.2, 0.25) is 5.02 Å². The van der Waals surface area contributed by atoms with E-state index >= 15 is 0 Å². The monoisotopic (exact) mass is 296 g/mol. The standard InChI is InChI=1S/C14H11ClF2N2O/c15-10-3-1-2-4-12(10)19-14(20)8-18-13-6-5-9(16)7-11(13)17/h1-7,18H,8H2,(H,19,20). The van der Waals surface area contributed by atoms with E-state index in [0.717, 1.165) is 12.1 Å². The lowest BCUT2D eigenvalue weighted by atomic mass is 10.3. The second-order valence-electron chi connectivity index (χ2n) is 4.01. The summed E-state index contributed by atoms with van der Waals surface area (Å²) >= 11 is 5.89. The van der Waals surface area contributed by atoms with E-state index in [4.69, 9.17) is 11.6 Å². The molecule has 2 N–H and O–H groups in total. The van der Waals surface area contributed by atoms with E-state index in [0.29, 0.717) is 10.7 Å². The summed E-state index contributed by atoms with van der Waals surface area (Å²) in [6.07, 6.45) is 0. The highest BCUT2D eigenvalue weighted by atomic mass is 35.5. The molecular weight excluding hydrogens is 286 g/mol. The van der Waals surface area contributed by atoms with Crippen LogP contribution in [0.25, 0.3) is 0 Å². The largest absolute Gasteiger partial charge is 0.374 e. The van der Waals surface area contributed by atoms with Gasteiger partial charge in [0.15, 0.2) is 0 Å². The van der Waals surface area contributed by atoms with E-state index in [1.54, 1.807) is 24.3 Å². The molecule has 2 rings (SSSR count). The summed E-state index contributed by atoms with van der Waals surface area (Å²) in [5.74, 6) is -1.81. The molecule has 1 amide bonds. The highest BCUT2D eigenvalue weighted by Gasteiger charge is 2.07. The average Bonchev–Trinajstić information content (AvgIpc) is 2.40. The summed E-state index contributed by atoms with van der Waals surface area (Å²) in [5, 5.41) is 5.58. The molecule has 6 heteroatoms. The molecule has 0 aliphatic carbocycles. The lowest BCUT2D eigenvalue weighted by molar-refractivity contribution is -0.114. The molecule has 20 heavy (non-hydrogen) atoms. The minimum absolute atomic E-state index is 0.0562. The van der Waals surface area contributed by atoms with Crippen LogP contribution in [0.1, 0.15) is 0 Å². The molecule has 0 bridgehead atoms. The molecule has 0 saturated carbocycles. The molecule has 104 valence electrons. The predicted molar refractivity (Wildman–Crippen MR) is 74.9 cm³/mol. The first-order valence-corrected chi connectivity index (χ1v) is 6.17. The third-order valence-electron chi connectivity index (χ3n) is 2.52. The number of rotatable bonds is 4. The smallest absolute Gasteiger partial charge is 0.243 e. The molecule has 0 heterocycles. The van der Waals surface area contributed by atoms with Gasteiger partial charge in [-0.2, -0.15) is 0 Å². The molecular formula is C14H11ClF2N2O. The maximum atomic E-state index is 13.3. The molecule has 0 fully saturated rings. The van der Waals surface area contributed by atoms with Crippen LogP contribution in [-0.4, -0.2) is 12.5 Å². The first kappa shape index (κ1) is 14.3. The van der Waals surface area contributed by atoms with E-state index in [-0.39, 0.29) is 18.1 Å². The van der Waals surface area contributed by atoms with Gasteiger partial charge in [0.2, 0.25) is 5.91 Å². The van der Waals surface area contributed by atoms with E-state index in [1.807, 2.05) is 0 Å². The number of carbonyl (C=O) groups is 1. The van der Waals surface area contributed by atoms with Gasteiger partial charge in [-0.3, -0.25) is 4.79 Å². The van der Waals surface area contributed by atoms with Crippen molar-refractivity contribution < 1.29 is 13.6 Å². The third-order valence-corrected chi connectivity index (χ3v) is 2.85. The molecule has 0 spiro atoms. The first-order chi connectivity index (χ1) is 9.56. The predicted octanol–water partition coefficient (Wildman–Crippen LogP) is 3.67. The number of para-hydroxylation sites is 1. The van der Waals surface area contributed by atoms with Gasteiger partial charge in [0.25, 0.3) is 0 Å². The summed E-state index contributed by atoms with van der Waals surface area (Å²) in [7, 11) is 0. The zero-order valence-electron chi connectivity index (χ0n) is 10.3. The van der Waals surface area contributed by atoms with Crippen LogP contribution in [-0.2, 0) is 4.79 Å². The number of anilines is 2. The molecule has 0 radical (unpaired) electrons. The van der Waals surface area contributed by atoms with Crippen molar-refractivity contribution in [2.45, 2.75) is 0 Å². The normalized spacial score (nSPS) is 10.2. The molecule has 0 unspecified atom stereocenters. The minimum Gasteiger partial charge on any atom is -0.374 e. The van der Waals surface area contributed by atoms with Crippen molar-refractivity contribution in [3.05, 3.63) is 59.1 Å². The summed E-state index contributed by atoms with van der Waals surface area (Å²) in [6.45, 7) is -0.159. The van der Waals surface area contributed by atoms with Crippen LogP contribution in [0.4, 0.5) is 20.2 Å². The Bertz CT molecular complexity index is 634. The van der Waals surface area contributed by atoms with E-state index in [1.165, 1.54) is 6.07 Å². The zero-order valence-corrected chi connectivity index (χ0v) is 11.0. The Labute approximate surface area is 119 Å². The van der Waals surface area contributed by atoms with Crippen molar-refractivity contribution in [1.82, 2.24) is 0 Å². The second-order valence-corrected chi connectivity index (χ2v) is 4.41. The van der Waals surface area contributed by atoms with Gasteiger partial charge < -0.3 is 10.6 Å². The van der Waals surface area contributed by atoms with Crippen molar-refractivity contribution >= 4 is 28.9 Å². The van der Waals surface area contributed by atoms with Gasteiger partial charge in [-0.1, -0.05) is 23.7 Å². The molecule has 2 aromatic carbocycles. The quantitative estimate of drug-likeness (QED) is 0.904. The van der Waals surface area contributed by atoms with E-state index in [2.05, 4.69) is 10.6 Å². The Morgan fingerprint density at radius 3 is 2.55 bits per heavy atom. The van der Waals surface area contributed by atoms with Crippen molar-refractivity contribution in [1.29, 1.82) is 0 Å². The Hall–Kier alpha value is -2.14. The summed E-state index contributed by atoms with van der Waals surface area (Å²) < 4.78 is 26.1. The summed E-state index contributed by atoms with van der Waals surface area (Å²) in [4.78, 5) is 11.7. The van der Waals surface area contributed by atoms with Gasteiger partial charge in [-0.05, 0) is 24.3 Å². The van der Waals surface area contributed by atoms with Gasteiger partial charge in [-0.15, -0.1) is 0 Å². The van der Waals surface area contributed by atoms with Crippen LogP contribution in [0.3, 0.4) is 0 Å². The fourth-order valence-electron chi connectivity index (χ4n) is 1.57. The van der Waals surface area contributed by atoms with Gasteiger partial charge >= 0.3 is 0 Å². The summed E-state index contributed by atoms with van der Waals surface area (Å²) in [6, 6.07) is 9.85. The Morgan fingerprint density at radius 2 is 1.85 bits per heavy atom. The maximum Gasteiger partial charge on any atom is 0.243 e. The fourth-order valence-corrected chi connectivity index (χ4v) is 1.75. The number of nitrogens with one attached hydrogen (secondary N) is 2. The van der Waals surface area contributed by atoms with E-state index < -0.39 is 11.6 Å². The topological polar surface area (TPSA) is 41.1 Å². The average molecular weight is 297 g/mol. The summed E-state index contributed by atoms with van der Waals surface area (Å²) in [5.41, 5.74) is 0.529. The first-order valence-electron chi connectivity index (χ1n) is 5.79. The maximum absolute atomic E-state index is 13.3. The Balaban J connectivity index is 1.94. The van der Waals surface area contributed by atoms with E-state index in [9.17, 15) is 13.6 Å². The number of hydrogen-bond donors (Lipinski definition) is 2. The van der Waals surface area contributed by atoms with Crippen LogP contribution in [0.5, 0.6) is 0 Å². The molecule has 0 aromatic heterocycles. The third kappa shape index (κ3) is 3.68. The lowest BCUT2D eigenvalue weighted by Gasteiger charge is -2.09. The second kappa shape index (κ2) is 6.34. The zero-order chi connectivity index (χ0) is 14.5. The van der Waals surface area contributed by atoms with Crippen LogP contribution >= 0.6 is 11.6 Å². The number of amides is 1. The number of benzene rings is 2. The Morgan fingerprint density at radius 1 is 1.10 bits per heavy atom. The molecule has 0 aliphatic heterocycles. The van der Waals surface area contributed by atoms with Crippen LogP contribution in [0.15, 0.2) is 42.5 Å². The molecule has 2 aromatic rings. The molecule has 0 aliphatic rings. The molecule has 0 saturated heterocycles. The fraction of sp³-hybridized carbons (Fsp3) is 0.0714.